The maximum atomic E-state index is 11.7. The summed E-state index contributed by atoms with van der Waals surface area (Å²) < 4.78 is 5.06. The molecular weight excluding hydrogens is 204 g/mol. The molecule has 0 spiro atoms. The summed E-state index contributed by atoms with van der Waals surface area (Å²) in [4.78, 5) is 22.8. The van der Waals surface area contributed by atoms with Crippen molar-refractivity contribution in [3.8, 4) is 5.75 Å². The Kier molecular flexibility index (Phi) is 3.04. The van der Waals surface area contributed by atoms with Crippen LogP contribution in [0.3, 0.4) is 0 Å². The van der Waals surface area contributed by atoms with E-state index in [9.17, 15) is 9.59 Å². The quantitative estimate of drug-likeness (QED) is 0.714. The molecule has 0 N–H and O–H groups in total. The van der Waals surface area contributed by atoms with E-state index in [2.05, 4.69) is 0 Å². The fraction of sp³-hybridized carbons (Fsp3) is 0.385. The molecule has 16 heavy (non-hydrogen) atoms. The monoisotopic (exact) mass is 218 g/mol. The molecule has 1 atom stereocenters. The van der Waals surface area contributed by atoms with Crippen molar-refractivity contribution >= 4 is 11.6 Å². The van der Waals surface area contributed by atoms with Crippen molar-refractivity contribution < 1.29 is 14.3 Å². The van der Waals surface area contributed by atoms with Gasteiger partial charge in [0, 0.05) is 12.3 Å². The van der Waals surface area contributed by atoms with Crippen molar-refractivity contribution in [3.63, 3.8) is 0 Å². The van der Waals surface area contributed by atoms with Crippen molar-refractivity contribution in [1.82, 2.24) is 0 Å². The molecule has 0 aliphatic heterocycles. The normalized spacial score (nSPS) is 20.9. The number of hydrogen-bond donors (Lipinski definition) is 0. The number of benzene rings is 1. The summed E-state index contributed by atoms with van der Waals surface area (Å²) in [7, 11) is 1.61. The van der Waals surface area contributed by atoms with E-state index in [0.717, 1.165) is 11.3 Å². The van der Waals surface area contributed by atoms with Crippen LogP contribution in [-0.4, -0.2) is 18.7 Å². The first-order chi connectivity index (χ1) is 7.70. The number of rotatable bonds is 2. The van der Waals surface area contributed by atoms with Gasteiger partial charge >= 0.3 is 0 Å². The molecule has 3 nitrogen and oxygen atoms in total. The largest absolute Gasteiger partial charge is 0.497 e. The molecule has 0 aromatic heterocycles. The van der Waals surface area contributed by atoms with E-state index >= 15 is 0 Å². The van der Waals surface area contributed by atoms with Crippen LogP contribution < -0.4 is 4.74 Å². The smallest absolute Gasteiger partial charge is 0.147 e. The van der Waals surface area contributed by atoms with Crippen LogP contribution >= 0.6 is 0 Å². The van der Waals surface area contributed by atoms with E-state index in [0.29, 0.717) is 12.8 Å². The third kappa shape index (κ3) is 2.13. The first-order valence-electron chi connectivity index (χ1n) is 5.39. The second-order valence-corrected chi connectivity index (χ2v) is 4.05. The maximum absolute atomic E-state index is 11.7. The van der Waals surface area contributed by atoms with Gasteiger partial charge in [-0.15, -0.1) is 0 Å². The average molecular weight is 218 g/mol. The maximum Gasteiger partial charge on any atom is 0.147 e. The van der Waals surface area contributed by atoms with Gasteiger partial charge in [-0.05, 0) is 24.1 Å². The van der Waals surface area contributed by atoms with Gasteiger partial charge in [-0.25, -0.2) is 0 Å². The topological polar surface area (TPSA) is 43.4 Å². The summed E-state index contributed by atoms with van der Waals surface area (Å²) in [5.74, 6) is 0.780. The Labute approximate surface area is 94.4 Å². The molecule has 0 heterocycles. The number of ether oxygens (including phenoxy) is 1. The summed E-state index contributed by atoms with van der Waals surface area (Å²) in [6.45, 7) is 0. The van der Waals surface area contributed by atoms with Gasteiger partial charge in [-0.3, -0.25) is 9.59 Å². The lowest BCUT2D eigenvalue weighted by atomic mass is 9.82. The molecule has 1 fully saturated rings. The number of hydrogen-bond acceptors (Lipinski definition) is 3. The minimum atomic E-state index is -0.108. The van der Waals surface area contributed by atoms with E-state index in [4.69, 9.17) is 4.74 Å². The molecule has 0 amide bonds. The average Bonchev–Trinajstić information content (AvgIpc) is 2.29. The molecule has 1 aromatic rings. The highest BCUT2D eigenvalue weighted by molar-refractivity contribution is 6.04. The van der Waals surface area contributed by atoms with Crippen LogP contribution in [0.1, 0.15) is 30.7 Å². The van der Waals surface area contributed by atoms with Crippen LogP contribution in [0.5, 0.6) is 5.75 Å². The molecule has 3 heteroatoms. The van der Waals surface area contributed by atoms with Crippen LogP contribution in [-0.2, 0) is 9.59 Å². The summed E-state index contributed by atoms with van der Waals surface area (Å²) in [6, 6.07) is 7.49. The van der Waals surface area contributed by atoms with Gasteiger partial charge in [0.2, 0.25) is 0 Å². The third-order valence-electron chi connectivity index (χ3n) is 2.99. The Hall–Kier alpha value is -1.64. The van der Waals surface area contributed by atoms with Crippen molar-refractivity contribution in [2.24, 2.45) is 0 Å². The minimum absolute atomic E-state index is 0.0430. The molecule has 1 aliphatic rings. The van der Waals surface area contributed by atoms with Gasteiger partial charge in [-0.1, -0.05) is 12.1 Å². The molecule has 1 aromatic carbocycles. The highest BCUT2D eigenvalue weighted by atomic mass is 16.5. The van der Waals surface area contributed by atoms with E-state index < -0.39 is 0 Å². The molecule has 1 saturated carbocycles. The van der Waals surface area contributed by atoms with Gasteiger partial charge in [0.05, 0.1) is 13.5 Å². The highest BCUT2D eigenvalue weighted by Crippen LogP contribution is 2.29. The number of Topliss-reactive ketones (excluding diaryl/α,β-unsaturated/α-hetero) is 2. The fourth-order valence-corrected chi connectivity index (χ4v) is 2.06. The van der Waals surface area contributed by atoms with Crippen molar-refractivity contribution in [2.75, 3.05) is 7.11 Å². The first kappa shape index (κ1) is 10.9. The molecule has 0 bridgehead atoms. The third-order valence-corrected chi connectivity index (χ3v) is 2.99. The number of ketones is 2. The second-order valence-electron chi connectivity index (χ2n) is 4.05. The molecule has 1 aliphatic carbocycles. The van der Waals surface area contributed by atoms with E-state index in [1.165, 1.54) is 0 Å². The van der Waals surface area contributed by atoms with Gasteiger partial charge < -0.3 is 4.74 Å². The van der Waals surface area contributed by atoms with Crippen molar-refractivity contribution in [3.05, 3.63) is 29.8 Å². The Morgan fingerprint density at radius 2 is 1.88 bits per heavy atom. The fourth-order valence-electron chi connectivity index (χ4n) is 2.06. The summed E-state index contributed by atoms with van der Waals surface area (Å²) in [5, 5.41) is 0. The van der Waals surface area contributed by atoms with Crippen LogP contribution in [0.4, 0.5) is 0 Å². The van der Waals surface area contributed by atoms with E-state index in [-0.39, 0.29) is 23.9 Å². The summed E-state index contributed by atoms with van der Waals surface area (Å²) in [6.07, 6.45) is 1.25. The zero-order valence-electron chi connectivity index (χ0n) is 9.23. The van der Waals surface area contributed by atoms with Crippen LogP contribution in [0.25, 0.3) is 0 Å². The zero-order valence-corrected chi connectivity index (χ0v) is 9.23. The van der Waals surface area contributed by atoms with Crippen LogP contribution in [0.15, 0.2) is 24.3 Å². The van der Waals surface area contributed by atoms with Gasteiger partial charge in [0.15, 0.2) is 0 Å². The Bertz CT molecular complexity index is 406. The molecule has 0 saturated heterocycles. The van der Waals surface area contributed by atoms with Crippen LogP contribution in [0.2, 0.25) is 0 Å². The first-order valence-corrected chi connectivity index (χ1v) is 5.39. The molecule has 0 unspecified atom stereocenters. The number of methoxy groups -OCH3 is 1. The molecule has 0 radical (unpaired) electrons. The molecule has 2 rings (SSSR count). The van der Waals surface area contributed by atoms with Crippen molar-refractivity contribution in [1.29, 1.82) is 0 Å². The molecular formula is C13H14O3. The van der Waals surface area contributed by atoms with E-state index in [1.807, 2.05) is 24.3 Å². The van der Waals surface area contributed by atoms with Crippen LogP contribution in [0, 0.1) is 0 Å². The Balaban J connectivity index is 2.17. The predicted molar refractivity (Wildman–Crippen MR) is 59.6 cm³/mol. The van der Waals surface area contributed by atoms with Gasteiger partial charge in [0.1, 0.15) is 17.3 Å². The number of carbonyl (C=O) groups excluding carboxylic acids is 2. The lowest BCUT2D eigenvalue weighted by Crippen LogP contribution is -2.23. The lowest BCUT2D eigenvalue weighted by Gasteiger charge is -2.20. The van der Waals surface area contributed by atoms with Gasteiger partial charge in [0.25, 0.3) is 0 Å². The van der Waals surface area contributed by atoms with E-state index in [1.54, 1.807) is 7.11 Å². The second kappa shape index (κ2) is 4.47. The Morgan fingerprint density at radius 3 is 2.44 bits per heavy atom. The van der Waals surface area contributed by atoms with Gasteiger partial charge in [-0.2, -0.15) is 0 Å². The highest BCUT2D eigenvalue weighted by Gasteiger charge is 2.27. The predicted octanol–water partition coefficient (Wildman–Crippen LogP) is 2.10. The Morgan fingerprint density at radius 1 is 1.19 bits per heavy atom. The number of carbonyl (C=O) groups is 2. The standard InChI is InChI=1S/C13H14O3/c1-16-11-5-2-9(3-6-11)12-7-4-10(14)8-13(12)15/h2-3,5-6,12H,4,7-8H2,1H3/t12-/m1/s1. The van der Waals surface area contributed by atoms with Crippen molar-refractivity contribution in [2.45, 2.75) is 25.2 Å². The molecule has 84 valence electrons. The SMILES string of the molecule is COc1ccc([C@H]2CCC(=O)CC2=O)cc1. The summed E-state index contributed by atoms with van der Waals surface area (Å²) >= 11 is 0. The summed E-state index contributed by atoms with van der Waals surface area (Å²) in [5.41, 5.74) is 0.985. The zero-order chi connectivity index (χ0) is 11.5. The lowest BCUT2D eigenvalue weighted by molar-refractivity contribution is -0.130. The minimum Gasteiger partial charge on any atom is -0.497 e.